The molecule has 0 bridgehead atoms. The monoisotopic (exact) mass is 244 g/mol. The highest BCUT2D eigenvalue weighted by Gasteiger charge is 2.01. The van der Waals surface area contributed by atoms with Crippen molar-refractivity contribution >= 4 is 22.7 Å². The first kappa shape index (κ1) is 11.4. The van der Waals surface area contributed by atoms with Crippen LogP contribution in [0.25, 0.3) is 0 Å². The van der Waals surface area contributed by atoms with Crippen LogP contribution in [-0.2, 0) is 13.0 Å². The van der Waals surface area contributed by atoms with Gasteiger partial charge in [0.1, 0.15) is 0 Å². The number of rotatable bonds is 4. The molecule has 0 aliphatic rings. The molecule has 4 nitrogen and oxygen atoms in total. The Hall–Kier alpha value is -2.06. The summed E-state index contributed by atoms with van der Waals surface area (Å²) in [5, 5.41) is 13.9. The first-order valence-corrected chi connectivity index (χ1v) is 6.10. The summed E-state index contributed by atoms with van der Waals surface area (Å²) in [6, 6.07) is 7.73. The van der Waals surface area contributed by atoms with Gasteiger partial charge >= 0.3 is 0 Å². The Kier molecular flexibility index (Phi) is 3.58. The van der Waals surface area contributed by atoms with Crippen molar-refractivity contribution in [1.82, 2.24) is 4.98 Å². The van der Waals surface area contributed by atoms with Crippen molar-refractivity contribution in [2.75, 3.05) is 11.1 Å². The maximum absolute atomic E-state index is 8.68. The van der Waals surface area contributed by atoms with E-state index >= 15 is 0 Å². The number of nitrogens with one attached hydrogen (secondary N) is 1. The molecular weight excluding hydrogens is 232 g/mol. The zero-order valence-electron chi connectivity index (χ0n) is 9.18. The minimum atomic E-state index is 0.331. The minimum Gasteiger partial charge on any atom is -0.398 e. The van der Waals surface area contributed by atoms with Crippen LogP contribution in [0.5, 0.6) is 0 Å². The molecule has 2 rings (SSSR count). The molecule has 0 fully saturated rings. The zero-order valence-corrected chi connectivity index (χ0v) is 10.00. The highest BCUT2D eigenvalue weighted by molar-refractivity contribution is 7.07. The Morgan fingerprint density at radius 1 is 1.47 bits per heavy atom. The summed E-state index contributed by atoms with van der Waals surface area (Å²) in [6.07, 6.45) is 0.331. The number of thiazole rings is 1. The van der Waals surface area contributed by atoms with Crippen molar-refractivity contribution in [3.63, 3.8) is 0 Å². The molecule has 0 saturated heterocycles. The summed E-state index contributed by atoms with van der Waals surface area (Å²) in [7, 11) is 0. The minimum absolute atomic E-state index is 0.331. The number of nitrogens with zero attached hydrogens (tertiary/aromatic N) is 2. The smallest absolute Gasteiger partial charge is 0.0795 e. The largest absolute Gasteiger partial charge is 0.398 e. The molecule has 0 saturated carbocycles. The lowest BCUT2D eigenvalue weighted by atomic mass is 10.1. The summed E-state index contributed by atoms with van der Waals surface area (Å²) >= 11 is 1.57. The molecule has 0 unspecified atom stereocenters. The van der Waals surface area contributed by atoms with Gasteiger partial charge in [0.05, 0.1) is 30.2 Å². The number of nitrogens with two attached hydrogens (primary N) is 1. The van der Waals surface area contributed by atoms with Crippen LogP contribution in [0.2, 0.25) is 0 Å². The van der Waals surface area contributed by atoms with Crippen molar-refractivity contribution in [2.24, 2.45) is 0 Å². The molecule has 1 heterocycles. The fourth-order valence-corrected chi connectivity index (χ4v) is 2.03. The van der Waals surface area contributed by atoms with Crippen LogP contribution in [0.4, 0.5) is 11.4 Å². The van der Waals surface area contributed by atoms with E-state index in [9.17, 15) is 0 Å². The lowest BCUT2D eigenvalue weighted by molar-refractivity contribution is 1.07. The van der Waals surface area contributed by atoms with E-state index in [-0.39, 0.29) is 0 Å². The van der Waals surface area contributed by atoms with E-state index in [1.165, 1.54) is 0 Å². The number of nitrogen functional groups attached to an aromatic ring is 1. The summed E-state index contributed by atoms with van der Waals surface area (Å²) in [6.45, 7) is 0.680. The lowest BCUT2D eigenvalue weighted by Crippen LogP contribution is -2.01. The second-order valence-corrected chi connectivity index (χ2v) is 4.30. The van der Waals surface area contributed by atoms with E-state index < -0.39 is 0 Å². The first-order chi connectivity index (χ1) is 8.29. The van der Waals surface area contributed by atoms with Crippen molar-refractivity contribution in [2.45, 2.75) is 13.0 Å². The van der Waals surface area contributed by atoms with Crippen LogP contribution < -0.4 is 11.1 Å². The zero-order chi connectivity index (χ0) is 12.1. The van der Waals surface area contributed by atoms with Crippen molar-refractivity contribution < 1.29 is 0 Å². The number of anilines is 2. The molecule has 86 valence electrons. The second kappa shape index (κ2) is 5.32. The molecule has 17 heavy (non-hydrogen) atoms. The normalized spacial score (nSPS) is 9.82. The average molecular weight is 244 g/mol. The van der Waals surface area contributed by atoms with Gasteiger partial charge in [0.25, 0.3) is 0 Å². The third kappa shape index (κ3) is 2.95. The summed E-state index contributed by atoms with van der Waals surface area (Å²) in [4.78, 5) is 4.19. The van der Waals surface area contributed by atoms with E-state index in [0.29, 0.717) is 18.7 Å². The molecular formula is C12H12N4S. The SMILES string of the molecule is N#CCc1cc(NCc2cscn2)ccc1N. The third-order valence-electron chi connectivity index (χ3n) is 2.37. The molecule has 1 aromatic carbocycles. The molecule has 0 spiro atoms. The molecule has 0 radical (unpaired) electrons. The van der Waals surface area contributed by atoms with E-state index in [4.69, 9.17) is 11.0 Å². The molecule has 1 aromatic heterocycles. The molecule has 5 heteroatoms. The molecule has 0 amide bonds. The van der Waals surface area contributed by atoms with Gasteiger partial charge in [0.2, 0.25) is 0 Å². The number of hydrogen-bond donors (Lipinski definition) is 2. The number of aromatic nitrogens is 1. The molecule has 0 aliphatic carbocycles. The van der Waals surface area contributed by atoms with Gasteiger partial charge in [-0.3, -0.25) is 0 Å². The topological polar surface area (TPSA) is 74.7 Å². The van der Waals surface area contributed by atoms with E-state index in [1.54, 1.807) is 16.8 Å². The van der Waals surface area contributed by atoms with E-state index in [0.717, 1.165) is 16.9 Å². The summed E-state index contributed by atoms with van der Waals surface area (Å²) in [5.74, 6) is 0. The van der Waals surface area contributed by atoms with Crippen LogP contribution >= 0.6 is 11.3 Å². The van der Waals surface area contributed by atoms with E-state index in [2.05, 4.69) is 16.4 Å². The molecule has 0 atom stereocenters. The summed E-state index contributed by atoms with van der Waals surface area (Å²) < 4.78 is 0. The maximum atomic E-state index is 8.68. The van der Waals surface area contributed by atoms with Gasteiger partial charge in [0.15, 0.2) is 0 Å². The second-order valence-electron chi connectivity index (χ2n) is 3.58. The van der Waals surface area contributed by atoms with Crippen LogP contribution in [-0.4, -0.2) is 4.98 Å². The Morgan fingerprint density at radius 2 is 2.35 bits per heavy atom. The molecule has 2 aromatic rings. The van der Waals surface area contributed by atoms with Crippen molar-refractivity contribution in [3.05, 3.63) is 40.3 Å². The highest BCUT2D eigenvalue weighted by Crippen LogP contribution is 2.18. The number of nitriles is 1. The number of hydrogen-bond acceptors (Lipinski definition) is 5. The van der Waals surface area contributed by atoms with Crippen LogP contribution in [0.3, 0.4) is 0 Å². The maximum Gasteiger partial charge on any atom is 0.0795 e. The van der Waals surface area contributed by atoms with Gasteiger partial charge in [-0.05, 0) is 23.8 Å². The van der Waals surface area contributed by atoms with Crippen molar-refractivity contribution in [3.8, 4) is 6.07 Å². The fourth-order valence-electron chi connectivity index (χ4n) is 1.47. The Bertz CT molecular complexity index is 528. The van der Waals surface area contributed by atoms with Crippen LogP contribution in [0, 0.1) is 11.3 Å². The predicted octanol–water partition coefficient (Wildman–Crippen LogP) is 2.40. The van der Waals surface area contributed by atoms with Gasteiger partial charge in [0, 0.05) is 16.8 Å². The quantitative estimate of drug-likeness (QED) is 0.810. The third-order valence-corrected chi connectivity index (χ3v) is 3.00. The van der Waals surface area contributed by atoms with Gasteiger partial charge in [-0.25, -0.2) is 4.98 Å². The van der Waals surface area contributed by atoms with Gasteiger partial charge in [-0.2, -0.15) is 5.26 Å². The van der Waals surface area contributed by atoms with Gasteiger partial charge in [-0.1, -0.05) is 0 Å². The lowest BCUT2D eigenvalue weighted by Gasteiger charge is -2.08. The Labute approximate surface area is 104 Å². The fraction of sp³-hybridized carbons (Fsp3) is 0.167. The average Bonchev–Trinajstić information content (AvgIpc) is 2.83. The van der Waals surface area contributed by atoms with Gasteiger partial charge in [-0.15, -0.1) is 11.3 Å². The van der Waals surface area contributed by atoms with Gasteiger partial charge < -0.3 is 11.1 Å². The van der Waals surface area contributed by atoms with Crippen molar-refractivity contribution in [1.29, 1.82) is 5.26 Å². The Morgan fingerprint density at radius 3 is 3.06 bits per heavy atom. The molecule has 3 N–H and O–H groups in total. The first-order valence-electron chi connectivity index (χ1n) is 5.16. The number of benzene rings is 1. The van der Waals surface area contributed by atoms with E-state index in [1.807, 2.05) is 23.6 Å². The standard InChI is InChI=1S/C12H12N4S/c13-4-3-9-5-10(1-2-12(9)14)15-6-11-7-17-8-16-11/h1-2,5,7-8,15H,3,6,14H2. The summed E-state index contributed by atoms with van der Waals surface area (Å²) in [5.41, 5.74) is 11.1. The molecule has 0 aliphatic heterocycles. The van der Waals surface area contributed by atoms with Crippen LogP contribution in [0.1, 0.15) is 11.3 Å². The Balaban J connectivity index is 2.06. The predicted molar refractivity (Wildman–Crippen MR) is 69.6 cm³/mol. The highest BCUT2D eigenvalue weighted by atomic mass is 32.1. The van der Waals surface area contributed by atoms with Crippen LogP contribution in [0.15, 0.2) is 29.1 Å².